The molecule has 0 atom stereocenters. The second-order valence-corrected chi connectivity index (χ2v) is 7.34. The van der Waals surface area contributed by atoms with Crippen molar-refractivity contribution >= 4 is 28.3 Å². The maximum Gasteiger partial charge on any atom is 0.124 e. The van der Waals surface area contributed by atoms with E-state index in [2.05, 4.69) is 52.4 Å². The van der Waals surface area contributed by atoms with Crippen LogP contribution in [0.5, 0.6) is 5.75 Å². The zero-order valence-corrected chi connectivity index (χ0v) is 16.7. The standard InChI is InChI=1S/C19H24BrNO2.ClH/c1-14-4-6-15(7-5-14)12-23-18-9-8-17(20)10-16(18)11-21-19(2,3)13-22;/h4-10,21-22H,11-13H2,1-3H3;1H. The molecular formula is C19H25BrClNO2. The highest BCUT2D eigenvalue weighted by Gasteiger charge is 2.16. The number of benzene rings is 2. The molecule has 0 aromatic heterocycles. The van der Waals surface area contributed by atoms with Gasteiger partial charge in [-0.05, 0) is 44.5 Å². The fraction of sp³-hybridized carbons (Fsp3) is 0.368. The van der Waals surface area contributed by atoms with Crippen molar-refractivity contribution in [2.45, 2.75) is 39.5 Å². The normalized spacial score (nSPS) is 11.0. The maximum absolute atomic E-state index is 9.37. The zero-order chi connectivity index (χ0) is 16.9. The van der Waals surface area contributed by atoms with Gasteiger partial charge in [-0.1, -0.05) is 45.8 Å². The minimum Gasteiger partial charge on any atom is -0.489 e. The molecule has 24 heavy (non-hydrogen) atoms. The average molecular weight is 415 g/mol. The Kier molecular flexibility index (Phi) is 8.23. The number of aliphatic hydroxyl groups excluding tert-OH is 1. The summed E-state index contributed by atoms with van der Waals surface area (Å²) in [5, 5.41) is 12.7. The minimum atomic E-state index is -0.323. The molecule has 2 aromatic carbocycles. The van der Waals surface area contributed by atoms with Crippen LogP contribution in [0.3, 0.4) is 0 Å². The number of ether oxygens (including phenoxy) is 1. The summed E-state index contributed by atoms with van der Waals surface area (Å²) in [6.45, 7) is 7.27. The maximum atomic E-state index is 9.37. The van der Waals surface area contributed by atoms with E-state index < -0.39 is 0 Å². The summed E-state index contributed by atoms with van der Waals surface area (Å²) in [7, 11) is 0. The summed E-state index contributed by atoms with van der Waals surface area (Å²) >= 11 is 3.51. The highest BCUT2D eigenvalue weighted by molar-refractivity contribution is 9.10. The molecule has 2 rings (SSSR count). The van der Waals surface area contributed by atoms with Gasteiger partial charge in [0.2, 0.25) is 0 Å². The van der Waals surface area contributed by atoms with Crippen LogP contribution >= 0.6 is 28.3 Å². The molecule has 2 aromatic rings. The van der Waals surface area contributed by atoms with Crippen molar-refractivity contribution in [2.24, 2.45) is 0 Å². The predicted octanol–water partition coefficient (Wildman–Crippen LogP) is 4.62. The van der Waals surface area contributed by atoms with Gasteiger partial charge in [-0.15, -0.1) is 12.4 Å². The van der Waals surface area contributed by atoms with Gasteiger partial charge in [-0.3, -0.25) is 0 Å². The lowest BCUT2D eigenvalue weighted by atomic mass is 10.1. The smallest absolute Gasteiger partial charge is 0.124 e. The SMILES string of the molecule is Cc1ccc(COc2ccc(Br)cc2CNC(C)(C)CO)cc1.Cl. The van der Waals surface area contributed by atoms with Crippen LogP contribution in [0.1, 0.15) is 30.5 Å². The Balaban J connectivity index is 0.00000288. The monoisotopic (exact) mass is 413 g/mol. The van der Waals surface area contributed by atoms with Crippen molar-refractivity contribution in [3.05, 3.63) is 63.6 Å². The first-order valence-electron chi connectivity index (χ1n) is 7.72. The van der Waals surface area contributed by atoms with Gasteiger partial charge in [-0.25, -0.2) is 0 Å². The highest BCUT2D eigenvalue weighted by Crippen LogP contribution is 2.25. The van der Waals surface area contributed by atoms with E-state index in [0.717, 1.165) is 21.3 Å². The summed E-state index contributed by atoms with van der Waals surface area (Å²) < 4.78 is 7.01. The molecule has 0 spiro atoms. The molecule has 0 heterocycles. The van der Waals surface area contributed by atoms with Crippen LogP contribution in [-0.2, 0) is 13.2 Å². The Morgan fingerprint density at radius 3 is 2.42 bits per heavy atom. The lowest BCUT2D eigenvalue weighted by Crippen LogP contribution is -2.42. The summed E-state index contributed by atoms with van der Waals surface area (Å²) in [6.07, 6.45) is 0. The van der Waals surface area contributed by atoms with E-state index in [-0.39, 0.29) is 24.6 Å². The molecule has 3 nitrogen and oxygen atoms in total. The van der Waals surface area contributed by atoms with Crippen molar-refractivity contribution in [2.75, 3.05) is 6.61 Å². The molecule has 0 unspecified atom stereocenters. The Bertz CT molecular complexity index is 644. The van der Waals surface area contributed by atoms with Crippen molar-refractivity contribution in [1.82, 2.24) is 5.32 Å². The summed E-state index contributed by atoms with van der Waals surface area (Å²) in [5.41, 5.74) is 3.13. The number of rotatable bonds is 7. The first-order valence-corrected chi connectivity index (χ1v) is 8.51. The molecule has 0 saturated carbocycles. The molecule has 0 aliphatic rings. The van der Waals surface area contributed by atoms with E-state index in [0.29, 0.717) is 13.2 Å². The Morgan fingerprint density at radius 1 is 1.12 bits per heavy atom. The van der Waals surface area contributed by atoms with Crippen molar-refractivity contribution in [3.63, 3.8) is 0 Å². The second-order valence-electron chi connectivity index (χ2n) is 6.42. The van der Waals surface area contributed by atoms with Gasteiger partial charge in [0, 0.05) is 22.1 Å². The molecule has 0 aliphatic heterocycles. The van der Waals surface area contributed by atoms with Crippen LogP contribution in [0.15, 0.2) is 46.9 Å². The van der Waals surface area contributed by atoms with Crippen molar-refractivity contribution < 1.29 is 9.84 Å². The summed E-state index contributed by atoms with van der Waals surface area (Å²) in [4.78, 5) is 0. The third-order valence-electron chi connectivity index (χ3n) is 3.69. The van der Waals surface area contributed by atoms with Gasteiger partial charge in [0.05, 0.1) is 6.61 Å². The highest BCUT2D eigenvalue weighted by atomic mass is 79.9. The van der Waals surface area contributed by atoms with Crippen molar-refractivity contribution in [3.8, 4) is 5.75 Å². The molecule has 0 fully saturated rings. The van der Waals surface area contributed by atoms with E-state index in [1.165, 1.54) is 5.56 Å². The van der Waals surface area contributed by atoms with Crippen LogP contribution in [0.25, 0.3) is 0 Å². The molecule has 132 valence electrons. The average Bonchev–Trinajstić information content (AvgIpc) is 2.53. The number of hydrogen-bond donors (Lipinski definition) is 2. The topological polar surface area (TPSA) is 41.5 Å². The number of aliphatic hydroxyl groups is 1. The lowest BCUT2D eigenvalue weighted by molar-refractivity contribution is 0.186. The van der Waals surface area contributed by atoms with Crippen molar-refractivity contribution in [1.29, 1.82) is 0 Å². The lowest BCUT2D eigenvalue weighted by Gasteiger charge is -2.24. The van der Waals surface area contributed by atoms with Crippen LogP contribution in [0.2, 0.25) is 0 Å². The van der Waals surface area contributed by atoms with Gasteiger partial charge in [0.1, 0.15) is 12.4 Å². The van der Waals surface area contributed by atoms with Crippen LogP contribution in [0, 0.1) is 6.92 Å². The van der Waals surface area contributed by atoms with Gasteiger partial charge < -0.3 is 15.2 Å². The number of hydrogen-bond acceptors (Lipinski definition) is 3. The summed E-state index contributed by atoms with van der Waals surface area (Å²) in [5.74, 6) is 0.856. The molecule has 5 heteroatoms. The Labute approximate surface area is 159 Å². The van der Waals surface area contributed by atoms with Crippen LogP contribution < -0.4 is 10.1 Å². The third-order valence-corrected chi connectivity index (χ3v) is 4.18. The van der Waals surface area contributed by atoms with Crippen LogP contribution in [0.4, 0.5) is 0 Å². The van der Waals surface area contributed by atoms with E-state index >= 15 is 0 Å². The molecular weight excluding hydrogens is 390 g/mol. The van der Waals surface area contributed by atoms with Gasteiger partial charge in [-0.2, -0.15) is 0 Å². The number of halogens is 2. The second kappa shape index (κ2) is 9.42. The number of nitrogens with one attached hydrogen (secondary N) is 1. The molecule has 0 saturated heterocycles. The first kappa shape index (κ1) is 21.0. The van der Waals surface area contributed by atoms with Gasteiger partial charge >= 0.3 is 0 Å². The van der Waals surface area contributed by atoms with Gasteiger partial charge in [0.25, 0.3) is 0 Å². The predicted molar refractivity (Wildman–Crippen MR) is 105 cm³/mol. The van der Waals surface area contributed by atoms with E-state index in [1.807, 2.05) is 32.0 Å². The Hall–Kier alpha value is -1.07. The van der Waals surface area contributed by atoms with E-state index in [9.17, 15) is 5.11 Å². The fourth-order valence-electron chi connectivity index (χ4n) is 2.06. The zero-order valence-electron chi connectivity index (χ0n) is 14.3. The van der Waals surface area contributed by atoms with E-state index in [4.69, 9.17) is 4.74 Å². The Morgan fingerprint density at radius 2 is 1.79 bits per heavy atom. The minimum absolute atomic E-state index is 0. The quantitative estimate of drug-likeness (QED) is 0.694. The first-order chi connectivity index (χ1) is 10.9. The molecule has 0 amide bonds. The van der Waals surface area contributed by atoms with Gasteiger partial charge in [0.15, 0.2) is 0 Å². The third kappa shape index (κ3) is 6.44. The molecule has 0 aliphatic carbocycles. The molecule has 0 radical (unpaired) electrons. The molecule has 2 N–H and O–H groups in total. The fourth-order valence-corrected chi connectivity index (χ4v) is 2.47. The van der Waals surface area contributed by atoms with E-state index in [1.54, 1.807) is 0 Å². The van der Waals surface area contributed by atoms with Crippen LogP contribution in [-0.4, -0.2) is 17.3 Å². The molecule has 0 bridgehead atoms. The largest absolute Gasteiger partial charge is 0.489 e. The summed E-state index contributed by atoms with van der Waals surface area (Å²) in [6, 6.07) is 14.3. The number of aryl methyl sites for hydroxylation is 1.